The molecule has 0 aromatic carbocycles. The van der Waals surface area contributed by atoms with Gasteiger partial charge in [0.15, 0.2) is 0 Å². The van der Waals surface area contributed by atoms with Crippen LogP contribution in [0, 0.1) is 5.92 Å². The first-order chi connectivity index (χ1) is 6.15. The van der Waals surface area contributed by atoms with Crippen LogP contribution in [0.2, 0.25) is 0 Å². The standard InChI is InChI=1S/C10H15NO2/c1-3-6-11-9(12)5-4-8(2)7-10(11)13/h3,8H,1,4-7H2,2H3. The Morgan fingerprint density at radius 1 is 1.54 bits per heavy atom. The largest absolute Gasteiger partial charge is 0.279 e. The van der Waals surface area contributed by atoms with Gasteiger partial charge in [-0.3, -0.25) is 14.5 Å². The molecule has 1 rings (SSSR count). The molecule has 3 heteroatoms. The molecule has 1 saturated heterocycles. The SMILES string of the molecule is C=CCN1C(=O)CCC(C)CC1=O. The quantitative estimate of drug-likeness (QED) is 0.476. The van der Waals surface area contributed by atoms with E-state index < -0.39 is 0 Å². The van der Waals surface area contributed by atoms with E-state index in [9.17, 15) is 9.59 Å². The molecule has 0 radical (unpaired) electrons. The van der Waals surface area contributed by atoms with Crippen molar-refractivity contribution in [3.05, 3.63) is 12.7 Å². The van der Waals surface area contributed by atoms with Gasteiger partial charge in [0.05, 0.1) is 0 Å². The maximum atomic E-state index is 11.5. The monoisotopic (exact) mass is 181 g/mol. The van der Waals surface area contributed by atoms with Crippen molar-refractivity contribution in [1.29, 1.82) is 0 Å². The smallest absolute Gasteiger partial charge is 0.229 e. The minimum Gasteiger partial charge on any atom is -0.279 e. The zero-order chi connectivity index (χ0) is 9.84. The van der Waals surface area contributed by atoms with E-state index in [0.717, 1.165) is 6.42 Å². The molecule has 3 nitrogen and oxygen atoms in total. The number of carbonyl (C=O) groups is 2. The molecule has 0 aliphatic carbocycles. The molecule has 1 unspecified atom stereocenters. The van der Waals surface area contributed by atoms with Crippen LogP contribution in [0.3, 0.4) is 0 Å². The summed E-state index contributed by atoms with van der Waals surface area (Å²) in [6.45, 7) is 5.88. The van der Waals surface area contributed by atoms with Crippen LogP contribution in [0.15, 0.2) is 12.7 Å². The van der Waals surface area contributed by atoms with Crippen molar-refractivity contribution in [3.8, 4) is 0 Å². The molecule has 72 valence electrons. The third-order valence-electron chi connectivity index (χ3n) is 2.29. The van der Waals surface area contributed by atoms with Gasteiger partial charge in [0, 0.05) is 19.4 Å². The van der Waals surface area contributed by atoms with Gasteiger partial charge < -0.3 is 0 Å². The predicted molar refractivity (Wildman–Crippen MR) is 49.9 cm³/mol. The molecule has 0 bridgehead atoms. The van der Waals surface area contributed by atoms with Crippen LogP contribution < -0.4 is 0 Å². The maximum Gasteiger partial charge on any atom is 0.229 e. The molecule has 1 atom stereocenters. The van der Waals surface area contributed by atoms with E-state index in [-0.39, 0.29) is 11.8 Å². The number of imide groups is 1. The van der Waals surface area contributed by atoms with E-state index in [1.165, 1.54) is 4.90 Å². The summed E-state index contributed by atoms with van der Waals surface area (Å²) in [5.41, 5.74) is 0. The average Bonchev–Trinajstić information content (AvgIpc) is 2.19. The van der Waals surface area contributed by atoms with Gasteiger partial charge in [0.2, 0.25) is 11.8 Å². The van der Waals surface area contributed by atoms with Crippen LogP contribution in [0.5, 0.6) is 0 Å². The highest BCUT2D eigenvalue weighted by molar-refractivity contribution is 5.96. The lowest BCUT2D eigenvalue weighted by Crippen LogP contribution is -2.35. The van der Waals surface area contributed by atoms with Gasteiger partial charge in [-0.15, -0.1) is 6.58 Å². The van der Waals surface area contributed by atoms with Gasteiger partial charge in [-0.05, 0) is 12.3 Å². The summed E-state index contributed by atoms with van der Waals surface area (Å²) in [5.74, 6) is 0.204. The summed E-state index contributed by atoms with van der Waals surface area (Å²) < 4.78 is 0. The number of amides is 2. The summed E-state index contributed by atoms with van der Waals surface area (Å²) in [6.07, 6.45) is 3.38. The van der Waals surface area contributed by atoms with Crippen LogP contribution in [-0.4, -0.2) is 23.3 Å². The van der Waals surface area contributed by atoms with Crippen LogP contribution >= 0.6 is 0 Å². The van der Waals surface area contributed by atoms with Crippen LogP contribution in [0.1, 0.15) is 26.2 Å². The Kier molecular flexibility index (Phi) is 3.23. The molecule has 13 heavy (non-hydrogen) atoms. The first kappa shape index (κ1) is 9.96. The van der Waals surface area contributed by atoms with Crippen molar-refractivity contribution in [2.75, 3.05) is 6.54 Å². The van der Waals surface area contributed by atoms with Gasteiger partial charge in [0.25, 0.3) is 0 Å². The van der Waals surface area contributed by atoms with Gasteiger partial charge in [-0.1, -0.05) is 13.0 Å². The number of hydrogen-bond donors (Lipinski definition) is 0. The number of rotatable bonds is 2. The van der Waals surface area contributed by atoms with Crippen molar-refractivity contribution in [2.45, 2.75) is 26.2 Å². The van der Waals surface area contributed by atoms with Gasteiger partial charge >= 0.3 is 0 Å². The maximum absolute atomic E-state index is 11.5. The van der Waals surface area contributed by atoms with Gasteiger partial charge in [-0.25, -0.2) is 0 Å². The number of likely N-dealkylation sites (tertiary alicyclic amines) is 1. The molecular formula is C10H15NO2. The Bertz CT molecular complexity index is 235. The van der Waals surface area contributed by atoms with E-state index in [2.05, 4.69) is 6.58 Å². The van der Waals surface area contributed by atoms with Crippen LogP contribution in [0.25, 0.3) is 0 Å². The highest BCUT2D eigenvalue weighted by Gasteiger charge is 2.25. The van der Waals surface area contributed by atoms with Gasteiger partial charge in [0.1, 0.15) is 0 Å². The molecule has 2 amide bonds. The Labute approximate surface area is 78.4 Å². The summed E-state index contributed by atoms with van der Waals surface area (Å²) in [5, 5.41) is 0. The van der Waals surface area contributed by atoms with E-state index in [1.807, 2.05) is 6.92 Å². The van der Waals surface area contributed by atoms with E-state index in [4.69, 9.17) is 0 Å². The van der Waals surface area contributed by atoms with Crippen molar-refractivity contribution < 1.29 is 9.59 Å². The number of nitrogens with zero attached hydrogens (tertiary/aromatic N) is 1. The van der Waals surface area contributed by atoms with Crippen molar-refractivity contribution in [1.82, 2.24) is 4.90 Å². The number of carbonyl (C=O) groups excluding carboxylic acids is 2. The molecule has 0 aromatic rings. The first-order valence-corrected chi connectivity index (χ1v) is 4.59. The fraction of sp³-hybridized carbons (Fsp3) is 0.600. The fourth-order valence-corrected chi connectivity index (χ4v) is 1.49. The molecule has 1 heterocycles. The zero-order valence-corrected chi connectivity index (χ0v) is 7.95. The third kappa shape index (κ3) is 2.41. The minimum absolute atomic E-state index is 0.0603. The van der Waals surface area contributed by atoms with E-state index in [0.29, 0.717) is 25.3 Å². The predicted octanol–water partition coefficient (Wildman–Crippen LogP) is 1.35. The Morgan fingerprint density at radius 3 is 2.85 bits per heavy atom. The summed E-state index contributed by atoms with van der Waals surface area (Å²) in [7, 11) is 0. The highest BCUT2D eigenvalue weighted by atomic mass is 16.2. The second kappa shape index (κ2) is 4.21. The lowest BCUT2D eigenvalue weighted by atomic mass is 10.0. The molecule has 0 spiro atoms. The van der Waals surface area contributed by atoms with E-state index in [1.54, 1.807) is 6.08 Å². The molecule has 1 fully saturated rings. The lowest BCUT2D eigenvalue weighted by Gasteiger charge is -2.16. The molecular weight excluding hydrogens is 166 g/mol. The van der Waals surface area contributed by atoms with Crippen molar-refractivity contribution in [2.24, 2.45) is 5.92 Å². The molecule has 0 N–H and O–H groups in total. The highest BCUT2D eigenvalue weighted by Crippen LogP contribution is 2.18. The fourth-order valence-electron chi connectivity index (χ4n) is 1.49. The molecule has 1 aliphatic rings. The zero-order valence-electron chi connectivity index (χ0n) is 7.95. The van der Waals surface area contributed by atoms with Crippen molar-refractivity contribution in [3.63, 3.8) is 0 Å². The number of hydrogen-bond acceptors (Lipinski definition) is 2. The third-order valence-corrected chi connectivity index (χ3v) is 2.29. The van der Waals surface area contributed by atoms with Gasteiger partial charge in [-0.2, -0.15) is 0 Å². The first-order valence-electron chi connectivity index (χ1n) is 4.59. The Morgan fingerprint density at radius 2 is 2.23 bits per heavy atom. The second-order valence-corrected chi connectivity index (χ2v) is 3.53. The molecule has 0 aromatic heterocycles. The molecule has 0 saturated carbocycles. The minimum atomic E-state index is -0.0609. The van der Waals surface area contributed by atoms with Crippen LogP contribution in [-0.2, 0) is 9.59 Å². The molecule has 1 aliphatic heterocycles. The average molecular weight is 181 g/mol. The Balaban J connectivity index is 2.72. The van der Waals surface area contributed by atoms with Crippen LogP contribution in [0.4, 0.5) is 0 Å². The summed E-state index contributed by atoms with van der Waals surface area (Å²) >= 11 is 0. The lowest BCUT2D eigenvalue weighted by molar-refractivity contribution is -0.143. The van der Waals surface area contributed by atoms with E-state index >= 15 is 0 Å². The summed E-state index contributed by atoms with van der Waals surface area (Å²) in [6, 6.07) is 0. The Hall–Kier alpha value is -1.12. The topological polar surface area (TPSA) is 37.4 Å². The second-order valence-electron chi connectivity index (χ2n) is 3.53. The normalized spacial score (nSPS) is 24.4. The summed E-state index contributed by atoms with van der Waals surface area (Å²) in [4.78, 5) is 24.2. The van der Waals surface area contributed by atoms with Crippen molar-refractivity contribution >= 4 is 11.8 Å².